The van der Waals surface area contributed by atoms with Gasteiger partial charge >= 0.3 is 0 Å². The van der Waals surface area contributed by atoms with Gasteiger partial charge in [0.05, 0.1) is 0 Å². The molecule has 0 radical (unpaired) electrons. The molecule has 1 aromatic carbocycles. The van der Waals surface area contributed by atoms with Gasteiger partial charge in [-0.05, 0) is 38.5 Å². The van der Waals surface area contributed by atoms with Gasteiger partial charge in [-0.15, -0.1) is 24.8 Å². The van der Waals surface area contributed by atoms with E-state index in [1.807, 2.05) is 37.4 Å². The van der Waals surface area contributed by atoms with Crippen molar-refractivity contribution in [3.63, 3.8) is 0 Å². The fourth-order valence-electron chi connectivity index (χ4n) is 2.68. The zero-order valence-corrected chi connectivity index (χ0v) is 14.9. The summed E-state index contributed by atoms with van der Waals surface area (Å²) < 4.78 is 0. The summed E-state index contributed by atoms with van der Waals surface area (Å²) >= 11 is 0. The molecule has 1 aromatic rings. The van der Waals surface area contributed by atoms with Crippen molar-refractivity contribution < 1.29 is 4.79 Å². The van der Waals surface area contributed by atoms with Crippen LogP contribution >= 0.6 is 24.8 Å². The van der Waals surface area contributed by atoms with Crippen LogP contribution in [0.25, 0.3) is 0 Å². The zero-order valence-electron chi connectivity index (χ0n) is 13.2. The third-order valence-electron chi connectivity index (χ3n) is 3.99. The standard InChI is InChI=1S/C16H25N3O.2ClH/c1-3-19(2)15(13-8-5-4-6-9-13)16(20)18-12-14-10-7-11-17-14;;/h4-6,8-9,14-15,17H,3,7,10-12H2,1-2H3,(H,18,20);2*1H. The van der Waals surface area contributed by atoms with Gasteiger partial charge in [0.15, 0.2) is 0 Å². The van der Waals surface area contributed by atoms with Crippen molar-refractivity contribution in [3.8, 4) is 0 Å². The van der Waals surface area contributed by atoms with Crippen LogP contribution in [0.2, 0.25) is 0 Å². The minimum atomic E-state index is -0.206. The number of carbonyl (C=O) groups is 1. The Bertz CT molecular complexity index is 425. The van der Waals surface area contributed by atoms with Crippen LogP contribution in [0, 0.1) is 0 Å². The second-order valence-electron chi connectivity index (χ2n) is 5.42. The van der Waals surface area contributed by atoms with Crippen molar-refractivity contribution >= 4 is 30.7 Å². The van der Waals surface area contributed by atoms with E-state index >= 15 is 0 Å². The van der Waals surface area contributed by atoms with E-state index in [1.165, 1.54) is 6.42 Å². The smallest absolute Gasteiger partial charge is 0.242 e. The Labute approximate surface area is 145 Å². The first-order valence-electron chi connectivity index (χ1n) is 7.48. The summed E-state index contributed by atoms with van der Waals surface area (Å²) in [6, 6.07) is 10.2. The molecule has 2 unspecified atom stereocenters. The summed E-state index contributed by atoms with van der Waals surface area (Å²) in [6.45, 7) is 4.70. The van der Waals surface area contributed by atoms with E-state index in [-0.39, 0.29) is 36.8 Å². The molecule has 1 aliphatic heterocycles. The van der Waals surface area contributed by atoms with Crippen LogP contribution in [0.5, 0.6) is 0 Å². The van der Waals surface area contributed by atoms with Gasteiger partial charge in [-0.2, -0.15) is 0 Å². The van der Waals surface area contributed by atoms with Gasteiger partial charge < -0.3 is 10.6 Å². The predicted molar refractivity (Wildman–Crippen MR) is 96.0 cm³/mol. The third kappa shape index (κ3) is 5.76. The van der Waals surface area contributed by atoms with Crippen molar-refractivity contribution in [1.29, 1.82) is 0 Å². The number of nitrogens with zero attached hydrogens (tertiary/aromatic N) is 1. The lowest BCUT2D eigenvalue weighted by molar-refractivity contribution is -0.126. The fourth-order valence-corrected chi connectivity index (χ4v) is 2.68. The first-order valence-corrected chi connectivity index (χ1v) is 7.48. The summed E-state index contributed by atoms with van der Waals surface area (Å²) in [6.07, 6.45) is 2.36. The van der Waals surface area contributed by atoms with Gasteiger partial charge in [0, 0.05) is 12.6 Å². The summed E-state index contributed by atoms with van der Waals surface area (Å²) in [4.78, 5) is 14.6. The molecule has 2 N–H and O–H groups in total. The van der Waals surface area contributed by atoms with Gasteiger partial charge in [0.25, 0.3) is 0 Å². The first kappa shape index (κ1) is 21.2. The summed E-state index contributed by atoms with van der Waals surface area (Å²) in [5, 5.41) is 6.50. The molecule has 0 bridgehead atoms. The Balaban J connectivity index is 0.00000220. The Hall–Kier alpha value is -0.810. The number of nitrogens with one attached hydrogen (secondary N) is 2. The van der Waals surface area contributed by atoms with Gasteiger partial charge in [0.2, 0.25) is 5.91 Å². The van der Waals surface area contributed by atoms with E-state index in [1.54, 1.807) is 0 Å². The van der Waals surface area contributed by atoms with Crippen molar-refractivity contribution in [1.82, 2.24) is 15.5 Å². The Morgan fingerprint density at radius 3 is 2.59 bits per heavy atom. The van der Waals surface area contributed by atoms with Crippen molar-refractivity contribution in [3.05, 3.63) is 35.9 Å². The van der Waals surface area contributed by atoms with Crippen LogP contribution in [0.3, 0.4) is 0 Å². The molecule has 1 amide bonds. The van der Waals surface area contributed by atoms with Gasteiger partial charge in [-0.3, -0.25) is 9.69 Å². The van der Waals surface area contributed by atoms with Gasteiger partial charge in [-0.25, -0.2) is 0 Å². The van der Waals surface area contributed by atoms with Crippen LogP contribution in [0.1, 0.15) is 31.4 Å². The topological polar surface area (TPSA) is 44.4 Å². The minimum absolute atomic E-state index is 0. The zero-order chi connectivity index (χ0) is 14.4. The average molecular weight is 348 g/mol. The highest BCUT2D eigenvalue weighted by molar-refractivity contribution is 5.85. The first-order chi connectivity index (χ1) is 9.72. The normalized spacial score (nSPS) is 18.2. The van der Waals surface area contributed by atoms with Crippen LogP contribution in [-0.4, -0.2) is 43.5 Å². The Morgan fingerprint density at radius 2 is 2.05 bits per heavy atom. The number of carbonyl (C=O) groups excluding carboxylic acids is 1. The van der Waals surface area contributed by atoms with Gasteiger partial charge in [0.1, 0.15) is 6.04 Å². The van der Waals surface area contributed by atoms with Crippen LogP contribution in [0.4, 0.5) is 0 Å². The second kappa shape index (κ2) is 10.8. The minimum Gasteiger partial charge on any atom is -0.353 e. The molecule has 6 heteroatoms. The molecule has 0 saturated carbocycles. The molecule has 1 heterocycles. The average Bonchev–Trinajstić information content (AvgIpc) is 2.99. The molecule has 0 aromatic heterocycles. The summed E-state index contributed by atoms with van der Waals surface area (Å²) in [5.41, 5.74) is 1.05. The molecule has 2 rings (SSSR count). The molecule has 0 spiro atoms. The second-order valence-corrected chi connectivity index (χ2v) is 5.42. The maximum absolute atomic E-state index is 12.5. The number of rotatable bonds is 6. The number of hydrogen-bond acceptors (Lipinski definition) is 3. The lowest BCUT2D eigenvalue weighted by Gasteiger charge is -2.27. The summed E-state index contributed by atoms with van der Waals surface area (Å²) in [5.74, 6) is 0.0919. The number of likely N-dealkylation sites (N-methyl/N-ethyl adjacent to an activating group) is 1. The largest absolute Gasteiger partial charge is 0.353 e. The van der Waals surface area contributed by atoms with Crippen LogP contribution < -0.4 is 10.6 Å². The molecule has 2 atom stereocenters. The van der Waals surface area contributed by atoms with Crippen molar-refractivity contribution in [2.75, 3.05) is 26.7 Å². The molecule has 1 fully saturated rings. The molecular formula is C16H27Cl2N3O. The monoisotopic (exact) mass is 347 g/mol. The number of hydrogen-bond donors (Lipinski definition) is 2. The maximum Gasteiger partial charge on any atom is 0.242 e. The molecule has 4 nitrogen and oxygen atoms in total. The van der Waals surface area contributed by atoms with E-state index in [0.29, 0.717) is 6.04 Å². The van der Waals surface area contributed by atoms with E-state index in [9.17, 15) is 4.79 Å². The quantitative estimate of drug-likeness (QED) is 0.830. The SMILES string of the molecule is CCN(C)C(C(=O)NCC1CCCN1)c1ccccc1.Cl.Cl. The van der Waals surface area contributed by atoms with E-state index in [0.717, 1.165) is 31.6 Å². The summed E-state index contributed by atoms with van der Waals surface area (Å²) in [7, 11) is 1.99. The predicted octanol–water partition coefficient (Wildman–Crippen LogP) is 2.39. The highest BCUT2D eigenvalue weighted by Gasteiger charge is 2.25. The van der Waals surface area contributed by atoms with Gasteiger partial charge in [-0.1, -0.05) is 37.3 Å². The van der Waals surface area contributed by atoms with E-state index in [2.05, 4.69) is 22.5 Å². The highest BCUT2D eigenvalue weighted by atomic mass is 35.5. The number of benzene rings is 1. The fraction of sp³-hybridized carbons (Fsp3) is 0.562. The Kier molecular flexibility index (Phi) is 10.4. The van der Waals surface area contributed by atoms with Crippen molar-refractivity contribution in [2.45, 2.75) is 31.8 Å². The molecule has 22 heavy (non-hydrogen) atoms. The number of amides is 1. The Morgan fingerprint density at radius 1 is 1.36 bits per heavy atom. The molecule has 1 aliphatic rings. The molecule has 1 saturated heterocycles. The third-order valence-corrected chi connectivity index (χ3v) is 3.99. The maximum atomic E-state index is 12.5. The van der Waals surface area contributed by atoms with Crippen LogP contribution in [-0.2, 0) is 4.79 Å². The lowest BCUT2D eigenvalue weighted by Crippen LogP contribution is -2.43. The molecular weight excluding hydrogens is 321 g/mol. The van der Waals surface area contributed by atoms with Crippen molar-refractivity contribution in [2.24, 2.45) is 0 Å². The molecule has 126 valence electrons. The van der Waals surface area contributed by atoms with E-state index < -0.39 is 0 Å². The molecule has 0 aliphatic carbocycles. The van der Waals surface area contributed by atoms with Crippen LogP contribution in [0.15, 0.2) is 30.3 Å². The number of halogens is 2. The lowest BCUT2D eigenvalue weighted by atomic mass is 10.0. The highest BCUT2D eigenvalue weighted by Crippen LogP contribution is 2.19. The van der Waals surface area contributed by atoms with E-state index in [4.69, 9.17) is 0 Å².